The SMILES string of the molecule is COc1cc(NC(=O)CC(=O)N(C)CCc2ccncc2)cc(OC)c1OC. The molecule has 0 radical (unpaired) electrons. The van der Waals surface area contributed by atoms with E-state index in [2.05, 4.69) is 10.3 Å². The second-order valence-corrected chi connectivity index (χ2v) is 6.06. The summed E-state index contributed by atoms with van der Waals surface area (Å²) in [7, 11) is 6.16. The summed E-state index contributed by atoms with van der Waals surface area (Å²) in [5.41, 5.74) is 1.53. The number of aromatic nitrogens is 1. The Balaban J connectivity index is 1.94. The maximum Gasteiger partial charge on any atom is 0.233 e. The van der Waals surface area contributed by atoms with Crippen LogP contribution < -0.4 is 19.5 Å². The summed E-state index contributed by atoms with van der Waals surface area (Å²) in [5.74, 6) is 0.569. The van der Waals surface area contributed by atoms with Gasteiger partial charge in [0.05, 0.1) is 21.3 Å². The standard InChI is InChI=1S/C20H25N3O5/c1-23(10-7-14-5-8-21-9-6-14)19(25)13-18(24)22-15-11-16(26-2)20(28-4)17(12-15)27-3/h5-6,8-9,11-12H,7,10,13H2,1-4H3,(H,22,24). The van der Waals surface area contributed by atoms with Crippen LogP contribution in [0.5, 0.6) is 17.2 Å². The number of carbonyl (C=O) groups excluding carboxylic acids is 2. The third-order valence-electron chi connectivity index (χ3n) is 4.17. The molecule has 2 amide bonds. The van der Waals surface area contributed by atoms with Crippen LogP contribution >= 0.6 is 0 Å². The van der Waals surface area contributed by atoms with Crippen molar-refractivity contribution in [2.45, 2.75) is 12.8 Å². The van der Waals surface area contributed by atoms with Gasteiger partial charge < -0.3 is 24.4 Å². The van der Waals surface area contributed by atoms with E-state index in [1.165, 1.54) is 26.2 Å². The molecule has 0 unspecified atom stereocenters. The molecule has 0 spiro atoms. The third kappa shape index (κ3) is 5.60. The van der Waals surface area contributed by atoms with Gasteiger partial charge in [0.1, 0.15) is 6.42 Å². The molecule has 1 aromatic carbocycles. The maximum atomic E-state index is 12.3. The lowest BCUT2D eigenvalue weighted by molar-refractivity contribution is -0.133. The Morgan fingerprint density at radius 3 is 2.18 bits per heavy atom. The van der Waals surface area contributed by atoms with Crippen LogP contribution in [0.15, 0.2) is 36.7 Å². The molecule has 0 fully saturated rings. The highest BCUT2D eigenvalue weighted by Crippen LogP contribution is 2.39. The first kappa shape index (κ1) is 21.0. The fraction of sp³-hybridized carbons (Fsp3) is 0.350. The zero-order valence-corrected chi connectivity index (χ0v) is 16.5. The average Bonchev–Trinajstić information content (AvgIpc) is 2.71. The van der Waals surface area contributed by atoms with Gasteiger partial charge in [0.15, 0.2) is 11.5 Å². The largest absolute Gasteiger partial charge is 0.493 e. The van der Waals surface area contributed by atoms with Gasteiger partial charge in [-0.2, -0.15) is 0 Å². The first-order valence-corrected chi connectivity index (χ1v) is 8.71. The van der Waals surface area contributed by atoms with Crippen molar-refractivity contribution in [3.63, 3.8) is 0 Å². The van der Waals surface area contributed by atoms with Crippen LogP contribution in [0.1, 0.15) is 12.0 Å². The Hall–Kier alpha value is -3.29. The normalized spacial score (nSPS) is 10.1. The van der Waals surface area contributed by atoms with Crippen LogP contribution in [0.25, 0.3) is 0 Å². The summed E-state index contributed by atoms with van der Waals surface area (Å²) < 4.78 is 15.8. The molecule has 0 atom stereocenters. The Labute approximate surface area is 164 Å². The molecular weight excluding hydrogens is 362 g/mol. The van der Waals surface area contributed by atoms with Gasteiger partial charge in [-0.25, -0.2) is 0 Å². The second kappa shape index (κ2) is 10.1. The molecule has 8 nitrogen and oxygen atoms in total. The van der Waals surface area contributed by atoms with Crippen LogP contribution in [0.3, 0.4) is 0 Å². The van der Waals surface area contributed by atoms with E-state index in [0.29, 0.717) is 35.9 Å². The van der Waals surface area contributed by atoms with Gasteiger partial charge in [-0.15, -0.1) is 0 Å². The van der Waals surface area contributed by atoms with Gasteiger partial charge >= 0.3 is 0 Å². The zero-order valence-electron chi connectivity index (χ0n) is 16.5. The van der Waals surface area contributed by atoms with Crippen molar-refractivity contribution in [3.05, 3.63) is 42.2 Å². The van der Waals surface area contributed by atoms with Gasteiger partial charge in [-0.3, -0.25) is 14.6 Å². The molecule has 1 heterocycles. The van der Waals surface area contributed by atoms with Gasteiger partial charge in [0.2, 0.25) is 17.6 Å². The summed E-state index contributed by atoms with van der Waals surface area (Å²) in [5, 5.41) is 2.69. The number of amides is 2. The van der Waals surface area contributed by atoms with E-state index >= 15 is 0 Å². The minimum Gasteiger partial charge on any atom is -0.493 e. The monoisotopic (exact) mass is 387 g/mol. The summed E-state index contributed by atoms with van der Waals surface area (Å²) in [4.78, 5) is 30.1. The molecule has 2 aromatic rings. The first-order chi connectivity index (χ1) is 13.5. The molecule has 150 valence electrons. The minimum absolute atomic E-state index is 0.260. The molecule has 0 aliphatic rings. The minimum atomic E-state index is -0.421. The number of anilines is 1. The summed E-state index contributed by atoms with van der Waals surface area (Å²) in [6.07, 6.45) is 3.85. The highest BCUT2D eigenvalue weighted by Gasteiger charge is 2.17. The molecule has 0 saturated heterocycles. The van der Waals surface area contributed by atoms with E-state index in [4.69, 9.17) is 14.2 Å². The van der Waals surface area contributed by atoms with Gasteiger partial charge in [0.25, 0.3) is 0 Å². The molecule has 28 heavy (non-hydrogen) atoms. The van der Waals surface area contributed by atoms with E-state index < -0.39 is 5.91 Å². The molecule has 0 aliphatic carbocycles. The van der Waals surface area contributed by atoms with Crippen LogP contribution in [0.2, 0.25) is 0 Å². The van der Waals surface area contributed by atoms with Gasteiger partial charge in [-0.05, 0) is 24.1 Å². The van der Waals surface area contributed by atoms with Crippen LogP contribution in [-0.2, 0) is 16.0 Å². The predicted octanol–water partition coefficient (Wildman–Crippen LogP) is 2.14. The Kier molecular flexibility index (Phi) is 7.62. The van der Waals surface area contributed by atoms with Crippen LogP contribution in [0, 0.1) is 0 Å². The number of hydrogen-bond acceptors (Lipinski definition) is 6. The maximum absolute atomic E-state index is 12.3. The van der Waals surface area contributed by atoms with Crippen molar-refractivity contribution >= 4 is 17.5 Å². The molecule has 1 aromatic heterocycles. The number of hydrogen-bond donors (Lipinski definition) is 1. The van der Waals surface area contributed by atoms with Crippen molar-refractivity contribution in [2.24, 2.45) is 0 Å². The fourth-order valence-electron chi connectivity index (χ4n) is 2.60. The van der Waals surface area contributed by atoms with Crippen molar-refractivity contribution in [1.29, 1.82) is 0 Å². The van der Waals surface area contributed by atoms with Crippen molar-refractivity contribution in [1.82, 2.24) is 9.88 Å². The van der Waals surface area contributed by atoms with Crippen molar-refractivity contribution < 1.29 is 23.8 Å². The Morgan fingerprint density at radius 2 is 1.64 bits per heavy atom. The number of nitrogens with one attached hydrogen (secondary N) is 1. The highest BCUT2D eigenvalue weighted by molar-refractivity contribution is 6.03. The molecule has 0 aliphatic heterocycles. The molecule has 0 saturated carbocycles. The summed E-state index contributed by atoms with van der Waals surface area (Å²) in [6, 6.07) is 7.01. The predicted molar refractivity (Wildman–Crippen MR) is 105 cm³/mol. The Morgan fingerprint density at radius 1 is 1.04 bits per heavy atom. The number of carbonyl (C=O) groups is 2. The van der Waals surface area contributed by atoms with Crippen LogP contribution in [-0.4, -0.2) is 56.6 Å². The third-order valence-corrected chi connectivity index (χ3v) is 4.17. The number of likely N-dealkylation sites (N-methyl/N-ethyl adjacent to an activating group) is 1. The molecule has 1 N–H and O–H groups in total. The van der Waals surface area contributed by atoms with Gasteiger partial charge in [-0.1, -0.05) is 0 Å². The van der Waals surface area contributed by atoms with E-state index in [1.807, 2.05) is 12.1 Å². The number of methoxy groups -OCH3 is 3. The lowest BCUT2D eigenvalue weighted by Gasteiger charge is -2.17. The van der Waals surface area contributed by atoms with Crippen molar-refractivity contribution in [2.75, 3.05) is 40.2 Å². The fourth-order valence-corrected chi connectivity index (χ4v) is 2.60. The highest BCUT2D eigenvalue weighted by atomic mass is 16.5. The van der Waals surface area contributed by atoms with E-state index in [0.717, 1.165) is 5.56 Å². The first-order valence-electron chi connectivity index (χ1n) is 8.71. The molecule has 0 bridgehead atoms. The molecule has 2 rings (SSSR count). The topological polar surface area (TPSA) is 90.0 Å². The van der Waals surface area contributed by atoms with E-state index in [9.17, 15) is 9.59 Å². The summed E-state index contributed by atoms with van der Waals surface area (Å²) in [6.45, 7) is 0.514. The number of ether oxygens (including phenoxy) is 3. The number of nitrogens with zero attached hydrogens (tertiary/aromatic N) is 2. The van der Waals surface area contributed by atoms with E-state index in [-0.39, 0.29) is 12.3 Å². The van der Waals surface area contributed by atoms with Gasteiger partial charge in [0, 0.05) is 43.8 Å². The van der Waals surface area contributed by atoms with Crippen LogP contribution in [0.4, 0.5) is 5.69 Å². The molecule has 8 heteroatoms. The average molecular weight is 387 g/mol. The zero-order chi connectivity index (χ0) is 20.5. The molecular formula is C20H25N3O5. The Bertz CT molecular complexity index is 786. The lowest BCUT2D eigenvalue weighted by Crippen LogP contribution is -2.32. The second-order valence-electron chi connectivity index (χ2n) is 6.06. The number of rotatable bonds is 9. The quantitative estimate of drug-likeness (QED) is 0.663. The number of pyridine rings is 1. The van der Waals surface area contributed by atoms with E-state index in [1.54, 1.807) is 31.6 Å². The number of benzene rings is 1. The lowest BCUT2D eigenvalue weighted by atomic mass is 10.2. The smallest absolute Gasteiger partial charge is 0.233 e. The van der Waals surface area contributed by atoms with Crippen molar-refractivity contribution in [3.8, 4) is 17.2 Å². The summed E-state index contributed by atoms with van der Waals surface area (Å²) >= 11 is 0.